The second-order valence-electron chi connectivity index (χ2n) is 4.02. The second kappa shape index (κ2) is 7.72. The van der Waals surface area contributed by atoms with Crippen LogP contribution in [0.1, 0.15) is 17.3 Å². The summed E-state index contributed by atoms with van der Waals surface area (Å²) in [6.07, 6.45) is 0. The summed E-state index contributed by atoms with van der Waals surface area (Å²) >= 11 is 5.84. The highest BCUT2D eigenvalue weighted by Gasteiger charge is 2.19. The molecular weight excluding hydrogens is 286 g/mol. The van der Waals surface area contributed by atoms with E-state index in [0.717, 1.165) is 0 Å². The number of carbonyl (C=O) groups is 2. The molecule has 0 bridgehead atoms. The van der Waals surface area contributed by atoms with Gasteiger partial charge in [-0.15, -0.1) is 0 Å². The van der Waals surface area contributed by atoms with Crippen molar-refractivity contribution in [2.75, 3.05) is 20.3 Å². The van der Waals surface area contributed by atoms with Gasteiger partial charge in [0.25, 0.3) is 5.91 Å². The SMILES string of the molecule is COCCOc1ccc(Cl)cc1C(=O)N[C@H](C)C(=O)O. The molecule has 1 amide bonds. The summed E-state index contributed by atoms with van der Waals surface area (Å²) in [6, 6.07) is 3.56. The standard InChI is InChI=1S/C13H16ClNO5/c1-8(13(17)18)15-12(16)10-7-9(14)3-4-11(10)20-6-5-19-2/h3-4,7-8H,5-6H2,1-2H3,(H,15,16)(H,17,18)/t8-/m1/s1. The average Bonchev–Trinajstić information content (AvgIpc) is 2.40. The van der Waals surface area contributed by atoms with E-state index >= 15 is 0 Å². The quantitative estimate of drug-likeness (QED) is 0.747. The Bertz CT molecular complexity index is 492. The zero-order valence-corrected chi connectivity index (χ0v) is 11.9. The lowest BCUT2D eigenvalue weighted by Crippen LogP contribution is -2.38. The van der Waals surface area contributed by atoms with E-state index < -0.39 is 17.9 Å². The van der Waals surface area contributed by atoms with Crippen LogP contribution in [0.25, 0.3) is 0 Å². The van der Waals surface area contributed by atoms with Gasteiger partial charge in [0.1, 0.15) is 18.4 Å². The first kappa shape index (κ1) is 16.3. The van der Waals surface area contributed by atoms with Gasteiger partial charge in [0.15, 0.2) is 0 Å². The van der Waals surface area contributed by atoms with Crippen LogP contribution < -0.4 is 10.1 Å². The van der Waals surface area contributed by atoms with Crippen LogP contribution in [-0.4, -0.2) is 43.3 Å². The molecule has 0 saturated heterocycles. The molecule has 1 atom stereocenters. The van der Waals surface area contributed by atoms with Crippen LogP contribution >= 0.6 is 11.6 Å². The summed E-state index contributed by atoms with van der Waals surface area (Å²) in [7, 11) is 1.54. The van der Waals surface area contributed by atoms with Crippen LogP contribution in [0.15, 0.2) is 18.2 Å². The molecule has 0 spiro atoms. The number of carboxylic acid groups (broad SMARTS) is 1. The van der Waals surface area contributed by atoms with E-state index in [1.54, 1.807) is 12.1 Å². The number of benzene rings is 1. The van der Waals surface area contributed by atoms with Gasteiger partial charge >= 0.3 is 5.97 Å². The molecule has 0 fully saturated rings. The van der Waals surface area contributed by atoms with Crippen molar-refractivity contribution in [3.05, 3.63) is 28.8 Å². The highest BCUT2D eigenvalue weighted by atomic mass is 35.5. The number of carbonyl (C=O) groups excluding carboxylic acids is 1. The highest BCUT2D eigenvalue weighted by Crippen LogP contribution is 2.23. The molecule has 0 heterocycles. The van der Waals surface area contributed by atoms with Crippen molar-refractivity contribution in [2.45, 2.75) is 13.0 Å². The third-order valence-electron chi connectivity index (χ3n) is 2.45. The minimum atomic E-state index is -1.12. The van der Waals surface area contributed by atoms with E-state index in [2.05, 4.69) is 5.32 Å². The number of hydrogen-bond donors (Lipinski definition) is 2. The van der Waals surface area contributed by atoms with Gasteiger partial charge in [-0.25, -0.2) is 0 Å². The van der Waals surface area contributed by atoms with Crippen molar-refractivity contribution in [3.8, 4) is 5.75 Å². The maximum atomic E-state index is 12.0. The van der Waals surface area contributed by atoms with Gasteiger partial charge in [-0.1, -0.05) is 11.6 Å². The summed E-state index contributed by atoms with van der Waals surface area (Å²) in [4.78, 5) is 22.8. The number of aliphatic carboxylic acids is 1. The molecule has 0 radical (unpaired) electrons. The Balaban J connectivity index is 2.87. The van der Waals surface area contributed by atoms with Crippen molar-refractivity contribution in [2.24, 2.45) is 0 Å². The average molecular weight is 302 g/mol. The van der Waals surface area contributed by atoms with Crippen LogP contribution in [0.5, 0.6) is 5.75 Å². The molecule has 2 N–H and O–H groups in total. The maximum Gasteiger partial charge on any atom is 0.325 e. The summed E-state index contributed by atoms with van der Waals surface area (Å²) < 4.78 is 10.3. The predicted octanol–water partition coefficient (Wildman–Crippen LogP) is 1.57. The molecule has 0 aromatic heterocycles. The molecule has 1 aromatic rings. The Morgan fingerprint density at radius 2 is 2.10 bits per heavy atom. The minimum absolute atomic E-state index is 0.182. The van der Waals surface area contributed by atoms with Crippen LogP contribution in [0, 0.1) is 0 Å². The van der Waals surface area contributed by atoms with Crippen LogP contribution in [-0.2, 0) is 9.53 Å². The van der Waals surface area contributed by atoms with Gasteiger partial charge in [-0.3, -0.25) is 9.59 Å². The first-order valence-electron chi connectivity index (χ1n) is 5.90. The molecule has 6 nitrogen and oxygen atoms in total. The zero-order chi connectivity index (χ0) is 15.1. The number of halogens is 1. The monoisotopic (exact) mass is 301 g/mol. The molecular formula is C13H16ClNO5. The molecule has 0 aliphatic carbocycles. The van der Waals surface area contributed by atoms with Gasteiger partial charge in [-0.05, 0) is 25.1 Å². The van der Waals surface area contributed by atoms with Crippen molar-refractivity contribution in [1.29, 1.82) is 0 Å². The lowest BCUT2D eigenvalue weighted by Gasteiger charge is -2.13. The number of amides is 1. The lowest BCUT2D eigenvalue weighted by molar-refractivity contribution is -0.138. The molecule has 0 aliphatic heterocycles. The summed E-state index contributed by atoms with van der Waals surface area (Å²) in [5, 5.41) is 11.5. The van der Waals surface area contributed by atoms with Crippen LogP contribution in [0.2, 0.25) is 5.02 Å². The van der Waals surface area contributed by atoms with E-state index in [9.17, 15) is 9.59 Å². The Morgan fingerprint density at radius 3 is 2.70 bits per heavy atom. The van der Waals surface area contributed by atoms with Gasteiger partial charge in [0.2, 0.25) is 0 Å². The maximum absolute atomic E-state index is 12.0. The Labute approximate surface area is 121 Å². The van der Waals surface area contributed by atoms with Gasteiger partial charge in [-0.2, -0.15) is 0 Å². The topological polar surface area (TPSA) is 84.9 Å². The minimum Gasteiger partial charge on any atom is -0.490 e. The van der Waals surface area contributed by atoms with Crippen molar-refractivity contribution >= 4 is 23.5 Å². The van der Waals surface area contributed by atoms with Crippen molar-refractivity contribution < 1.29 is 24.2 Å². The van der Waals surface area contributed by atoms with Crippen LogP contribution in [0.3, 0.4) is 0 Å². The molecule has 1 aromatic carbocycles. The summed E-state index contributed by atoms with van der Waals surface area (Å²) in [5.41, 5.74) is 0.182. The molecule has 110 valence electrons. The largest absolute Gasteiger partial charge is 0.490 e. The normalized spacial score (nSPS) is 11.8. The van der Waals surface area contributed by atoms with Gasteiger partial charge in [0, 0.05) is 12.1 Å². The molecule has 20 heavy (non-hydrogen) atoms. The number of hydrogen-bond acceptors (Lipinski definition) is 4. The number of rotatable bonds is 7. The third kappa shape index (κ3) is 4.71. The Hall–Kier alpha value is -1.79. The first-order chi connectivity index (χ1) is 9.45. The fourth-order valence-electron chi connectivity index (χ4n) is 1.38. The number of methoxy groups -OCH3 is 1. The number of ether oxygens (including phenoxy) is 2. The molecule has 7 heteroatoms. The Kier molecular flexibility index (Phi) is 6.27. The molecule has 0 aliphatic rings. The van der Waals surface area contributed by atoms with Crippen LogP contribution in [0.4, 0.5) is 0 Å². The predicted molar refractivity (Wildman–Crippen MR) is 73.4 cm³/mol. The number of nitrogens with one attached hydrogen (secondary N) is 1. The molecule has 0 unspecified atom stereocenters. The zero-order valence-electron chi connectivity index (χ0n) is 11.2. The second-order valence-corrected chi connectivity index (χ2v) is 4.45. The van der Waals surface area contributed by atoms with E-state index in [4.69, 9.17) is 26.2 Å². The Morgan fingerprint density at radius 1 is 1.40 bits per heavy atom. The number of carboxylic acids is 1. The van der Waals surface area contributed by atoms with E-state index in [1.165, 1.54) is 20.1 Å². The van der Waals surface area contributed by atoms with Gasteiger partial charge < -0.3 is 19.9 Å². The van der Waals surface area contributed by atoms with E-state index in [1.807, 2.05) is 0 Å². The highest BCUT2D eigenvalue weighted by molar-refractivity contribution is 6.31. The molecule has 0 saturated carbocycles. The fraction of sp³-hybridized carbons (Fsp3) is 0.385. The fourth-order valence-corrected chi connectivity index (χ4v) is 1.55. The molecule has 1 rings (SSSR count). The van der Waals surface area contributed by atoms with Gasteiger partial charge in [0.05, 0.1) is 12.2 Å². The van der Waals surface area contributed by atoms with E-state index in [0.29, 0.717) is 17.4 Å². The van der Waals surface area contributed by atoms with E-state index in [-0.39, 0.29) is 12.2 Å². The smallest absolute Gasteiger partial charge is 0.325 e. The summed E-state index contributed by atoms with van der Waals surface area (Å²) in [6.45, 7) is 2.01. The lowest BCUT2D eigenvalue weighted by atomic mass is 10.1. The first-order valence-corrected chi connectivity index (χ1v) is 6.28. The summed E-state index contributed by atoms with van der Waals surface area (Å²) in [5.74, 6) is -1.36. The van der Waals surface area contributed by atoms with Crippen molar-refractivity contribution in [1.82, 2.24) is 5.32 Å². The van der Waals surface area contributed by atoms with Crippen molar-refractivity contribution in [3.63, 3.8) is 0 Å². The third-order valence-corrected chi connectivity index (χ3v) is 2.68.